The molecule has 0 aromatic carbocycles. The predicted molar refractivity (Wildman–Crippen MR) is 56.8 cm³/mol. The van der Waals surface area contributed by atoms with E-state index in [0.717, 1.165) is 0 Å². The highest BCUT2D eigenvalue weighted by molar-refractivity contribution is 5.55. The van der Waals surface area contributed by atoms with Gasteiger partial charge in [0.25, 0.3) is 0 Å². The molecule has 1 heterocycles. The molecule has 72 valence electrons. The third-order valence-electron chi connectivity index (χ3n) is 3.05. The summed E-state index contributed by atoms with van der Waals surface area (Å²) < 4.78 is 2.16. The topological polar surface area (TPSA) is 6.25 Å². The van der Waals surface area contributed by atoms with Gasteiger partial charge in [0.1, 0.15) is 11.4 Å². The van der Waals surface area contributed by atoms with Gasteiger partial charge in [-0.15, -0.1) is 0 Å². The lowest BCUT2D eigenvalue weighted by molar-refractivity contribution is -0.443. The second-order valence-corrected chi connectivity index (χ2v) is 3.76. The van der Waals surface area contributed by atoms with Crippen molar-refractivity contribution in [3.8, 4) is 0 Å². The first-order valence-corrected chi connectivity index (χ1v) is 4.61. The van der Waals surface area contributed by atoms with Crippen LogP contribution >= 0.6 is 0 Å². The Morgan fingerprint density at radius 1 is 1.08 bits per heavy atom. The summed E-state index contributed by atoms with van der Waals surface area (Å²) in [6.45, 7) is 8.67. The Bertz CT molecular complexity index is 319. The van der Waals surface area contributed by atoms with E-state index in [2.05, 4.69) is 57.6 Å². The zero-order chi connectivity index (χ0) is 10.2. The Kier molecular flexibility index (Phi) is 2.60. The van der Waals surface area contributed by atoms with Gasteiger partial charge in [0, 0.05) is 0 Å². The maximum atomic E-state index is 2.18. The summed E-state index contributed by atoms with van der Waals surface area (Å²) in [6.07, 6.45) is 2.12. The van der Waals surface area contributed by atoms with E-state index in [1.54, 1.807) is 0 Å². The average Bonchev–Trinajstić information content (AvgIpc) is 2.15. The number of hydrogen-bond acceptors (Lipinski definition) is 1. The standard InChI is InChI=1S/C11H19N2/c1-8-9(2)11(4)13(6)7-12(5)10(8)3/h7H,1-6H3/q+1. The molecule has 0 saturated carbocycles. The minimum atomic E-state index is 1.32. The second-order valence-electron chi connectivity index (χ2n) is 3.76. The van der Waals surface area contributed by atoms with Crippen molar-refractivity contribution in [2.24, 2.45) is 0 Å². The van der Waals surface area contributed by atoms with Gasteiger partial charge in [-0.25, -0.2) is 9.48 Å². The number of hydrogen-bond donors (Lipinski definition) is 0. The number of nitrogens with zero attached hydrogens (tertiary/aromatic N) is 2. The van der Waals surface area contributed by atoms with Crippen molar-refractivity contribution in [2.45, 2.75) is 27.7 Å². The molecule has 0 radical (unpaired) electrons. The second kappa shape index (κ2) is 3.36. The van der Waals surface area contributed by atoms with Crippen LogP contribution in [0.1, 0.15) is 27.7 Å². The quantitative estimate of drug-likeness (QED) is 0.517. The van der Waals surface area contributed by atoms with Crippen molar-refractivity contribution in [2.75, 3.05) is 14.1 Å². The summed E-state index contributed by atoms with van der Waals surface area (Å²) >= 11 is 0. The molecule has 0 fully saturated rings. The van der Waals surface area contributed by atoms with Crippen molar-refractivity contribution in [1.82, 2.24) is 4.90 Å². The molecule has 0 aromatic rings. The highest BCUT2D eigenvalue weighted by Crippen LogP contribution is 2.21. The molecular weight excluding hydrogens is 160 g/mol. The lowest BCUT2D eigenvalue weighted by Gasteiger charge is -2.07. The number of allylic oxidation sites excluding steroid dienone is 4. The average molecular weight is 179 g/mol. The molecule has 0 unspecified atom stereocenters. The van der Waals surface area contributed by atoms with Crippen molar-refractivity contribution in [3.05, 3.63) is 22.5 Å². The molecule has 0 saturated heterocycles. The van der Waals surface area contributed by atoms with E-state index in [1.807, 2.05) is 0 Å². The first-order valence-electron chi connectivity index (χ1n) is 4.61. The van der Waals surface area contributed by atoms with Crippen LogP contribution in [-0.4, -0.2) is 29.9 Å². The molecule has 0 amide bonds. The molecule has 1 aliphatic heterocycles. The fraction of sp³-hybridized carbons (Fsp3) is 0.545. The summed E-state index contributed by atoms with van der Waals surface area (Å²) in [5.41, 5.74) is 5.39. The zero-order valence-corrected chi connectivity index (χ0v) is 9.47. The summed E-state index contributed by atoms with van der Waals surface area (Å²) in [7, 11) is 4.17. The minimum absolute atomic E-state index is 1.32. The zero-order valence-electron chi connectivity index (χ0n) is 9.47. The van der Waals surface area contributed by atoms with E-state index >= 15 is 0 Å². The summed E-state index contributed by atoms with van der Waals surface area (Å²) in [4.78, 5) is 2.16. The van der Waals surface area contributed by atoms with Crippen LogP contribution < -0.4 is 0 Å². The molecule has 0 aromatic heterocycles. The van der Waals surface area contributed by atoms with Gasteiger partial charge in [0.2, 0.25) is 6.34 Å². The van der Waals surface area contributed by atoms with Gasteiger partial charge in [-0.2, -0.15) is 0 Å². The summed E-state index contributed by atoms with van der Waals surface area (Å²) in [5.74, 6) is 0. The van der Waals surface area contributed by atoms with Gasteiger partial charge in [-0.1, -0.05) is 0 Å². The van der Waals surface area contributed by atoms with Crippen LogP contribution in [0, 0.1) is 0 Å². The van der Waals surface area contributed by atoms with Gasteiger partial charge in [0.05, 0.1) is 14.1 Å². The molecule has 2 heteroatoms. The fourth-order valence-electron chi connectivity index (χ4n) is 1.50. The normalized spacial score (nSPS) is 19.2. The van der Waals surface area contributed by atoms with Crippen LogP contribution in [0.5, 0.6) is 0 Å². The largest absolute Gasteiger partial charge is 0.243 e. The highest BCUT2D eigenvalue weighted by atomic mass is 15.2. The molecule has 0 N–H and O–H groups in total. The first-order chi connectivity index (χ1) is 5.95. The third kappa shape index (κ3) is 1.67. The number of rotatable bonds is 0. The van der Waals surface area contributed by atoms with Crippen LogP contribution in [0.25, 0.3) is 0 Å². The van der Waals surface area contributed by atoms with Crippen LogP contribution in [0.3, 0.4) is 0 Å². The van der Waals surface area contributed by atoms with Crippen LogP contribution in [0.2, 0.25) is 0 Å². The molecule has 1 aliphatic rings. The van der Waals surface area contributed by atoms with Gasteiger partial charge in [-0.3, -0.25) is 0 Å². The maximum absolute atomic E-state index is 2.18. The van der Waals surface area contributed by atoms with E-state index in [0.29, 0.717) is 0 Å². The molecule has 0 atom stereocenters. The Morgan fingerprint density at radius 3 is 2.15 bits per heavy atom. The van der Waals surface area contributed by atoms with Gasteiger partial charge in [-0.05, 0) is 38.8 Å². The summed E-state index contributed by atoms with van der Waals surface area (Å²) in [5, 5.41) is 0. The smallest absolute Gasteiger partial charge is 0.240 e. The lowest BCUT2D eigenvalue weighted by Crippen LogP contribution is -2.19. The van der Waals surface area contributed by atoms with Crippen molar-refractivity contribution in [1.29, 1.82) is 0 Å². The van der Waals surface area contributed by atoms with Crippen molar-refractivity contribution >= 4 is 6.34 Å². The van der Waals surface area contributed by atoms with Crippen molar-refractivity contribution in [3.63, 3.8) is 0 Å². The van der Waals surface area contributed by atoms with Gasteiger partial charge >= 0.3 is 0 Å². The van der Waals surface area contributed by atoms with E-state index < -0.39 is 0 Å². The fourth-order valence-corrected chi connectivity index (χ4v) is 1.50. The molecule has 13 heavy (non-hydrogen) atoms. The Labute approximate surface area is 80.9 Å². The van der Waals surface area contributed by atoms with Gasteiger partial charge < -0.3 is 0 Å². The molecule has 0 bridgehead atoms. The van der Waals surface area contributed by atoms with E-state index in [9.17, 15) is 0 Å². The SMILES string of the molecule is CC1=C(C)N(C)C=[N+](C)C(C)=C1C. The Morgan fingerprint density at radius 2 is 1.62 bits per heavy atom. The third-order valence-corrected chi connectivity index (χ3v) is 3.05. The van der Waals surface area contributed by atoms with Crippen LogP contribution in [-0.2, 0) is 0 Å². The summed E-state index contributed by atoms with van der Waals surface area (Å²) in [6, 6.07) is 0. The Hall–Kier alpha value is -1.05. The highest BCUT2D eigenvalue weighted by Gasteiger charge is 2.16. The maximum Gasteiger partial charge on any atom is 0.243 e. The molecule has 1 rings (SSSR count). The van der Waals surface area contributed by atoms with Crippen LogP contribution in [0.15, 0.2) is 22.5 Å². The molecular formula is C11H19N2+. The van der Waals surface area contributed by atoms with Crippen LogP contribution in [0.4, 0.5) is 0 Å². The lowest BCUT2D eigenvalue weighted by atomic mass is 10.1. The minimum Gasteiger partial charge on any atom is -0.240 e. The molecule has 0 aliphatic carbocycles. The predicted octanol–water partition coefficient (Wildman–Crippen LogP) is 2.19. The molecule has 2 nitrogen and oxygen atoms in total. The molecule has 0 spiro atoms. The van der Waals surface area contributed by atoms with E-state index in [4.69, 9.17) is 0 Å². The first kappa shape index (κ1) is 10.0. The Balaban J connectivity index is 3.32. The van der Waals surface area contributed by atoms with Gasteiger partial charge in [0.15, 0.2) is 0 Å². The monoisotopic (exact) mass is 179 g/mol. The van der Waals surface area contributed by atoms with Crippen molar-refractivity contribution < 1.29 is 4.58 Å². The van der Waals surface area contributed by atoms with E-state index in [-0.39, 0.29) is 0 Å². The van der Waals surface area contributed by atoms with E-state index in [1.165, 1.54) is 22.5 Å².